The summed E-state index contributed by atoms with van der Waals surface area (Å²) in [5.41, 5.74) is 1.11. The van der Waals surface area contributed by atoms with Crippen LogP contribution in [0.4, 0.5) is 11.8 Å². The maximum Gasteiger partial charge on any atom is 0.224 e. The molecule has 0 saturated heterocycles. The van der Waals surface area contributed by atoms with Crippen molar-refractivity contribution in [3.8, 4) is 0 Å². The van der Waals surface area contributed by atoms with Crippen LogP contribution in [-0.4, -0.2) is 23.6 Å². The average Bonchev–Trinajstić information content (AvgIpc) is 2.39. The zero-order valence-electron chi connectivity index (χ0n) is 10.8. The molecule has 1 aromatic rings. The largest absolute Gasteiger partial charge is 0.369 e. The highest BCUT2D eigenvalue weighted by Crippen LogP contribution is 2.24. The first-order chi connectivity index (χ1) is 8.29. The molecule has 2 N–H and O–H groups in total. The van der Waals surface area contributed by atoms with Gasteiger partial charge in [-0.3, -0.25) is 0 Å². The Bertz CT molecular complexity index is 358. The lowest BCUT2D eigenvalue weighted by atomic mass is 9.89. The smallest absolute Gasteiger partial charge is 0.224 e. The van der Waals surface area contributed by atoms with Crippen molar-refractivity contribution >= 4 is 11.8 Å². The van der Waals surface area contributed by atoms with Crippen LogP contribution in [0.25, 0.3) is 0 Å². The van der Waals surface area contributed by atoms with Gasteiger partial charge in [0.2, 0.25) is 5.95 Å². The molecule has 0 aliphatic heterocycles. The van der Waals surface area contributed by atoms with Gasteiger partial charge in [0.25, 0.3) is 0 Å². The quantitative estimate of drug-likeness (QED) is 0.841. The first-order valence-electron chi connectivity index (χ1n) is 6.55. The summed E-state index contributed by atoms with van der Waals surface area (Å²) in [5.74, 6) is 2.47. The minimum atomic E-state index is 0.682. The SMILES string of the molecule is CNc1ncc(C)c(NCC2CCCCC2)n1. The van der Waals surface area contributed by atoms with E-state index >= 15 is 0 Å². The highest BCUT2D eigenvalue weighted by Gasteiger charge is 2.13. The number of nitrogens with zero attached hydrogens (tertiary/aromatic N) is 2. The molecule has 1 fully saturated rings. The molecule has 1 saturated carbocycles. The van der Waals surface area contributed by atoms with E-state index in [-0.39, 0.29) is 0 Å². The van der Waals surface area contributed by atoms with Crippen LogP contribution in [0.15, 0.2) is 6.20 Å². The van der Waals surface area contributed by atoms with E-state index in [1.165, 1.54) is 32.1 Å². The second-order valence-corrected chi connectivity index (χ2v) is 4.86. The third-order valence-electron chi connectivity index (χ3n) is 3.48. The van der Waals surface area contributed by atoms with Crippen LogP contribution in [0.2, 0.25) is 0 Å². The fourth-order valence-corrected chi connectivity index (χ4v) is 2.37. The number of rotatable bonds is 4. The molecule has 0 radical (unpaired) electrons. The van der Waals surface area contributed by atoms with Gasteiger partial charge in [-0.15, -0.1) is 0 Å². The van der Waals surface area contributed by atoms with E-state index in [2.05, 4.69) is 20.6 Å². The van der Waals surface area contributed by atoms with Crippen LogP contribution in [0.5, 0.6) is 0 Å². The minimum Gasteiger partial charge on any atom is -0.369 e. The molecule has 17 heavy (non-hydrogen) atoms. The van der Waals surface area contributed by atoms with Gasteiger partial charge in [0.05, 0.1) is 0 Å². The zero-order chi connectivity index (χ0) is 12.1. The highest BCUT2D eigenvalue weighted by molar-refractivity contribution is 5.46. The van der Waals surface area contributed by atoms with Gasteiger partial charge >= 0.3 is 0 Å². The Kier molecular flexibility index (Phi) is 4.18. The van der Waals surface area contributed by atoms with Crippen molar-refractivity contribution < 1.29 is 0 Å². The molecule has 1 heterocycles. The van der Waals surface area contributed by atoms with Crippen molar-refractivity contribution in [2.24, 2.45) is 5.92 Å². The molecule has 0 bridgehead atoms. The predicted molar refractivity (Wildman–Crippen MR) is 71.4 cm³/mol. The van der Waals surface area contributed by atoms with Crippen LogP contribution in [0, 0.1) is 12.8 Å². The fraction of sp³-hybridized carbons (Fsp3) is 0.692. The Hall–Kier alpha value is -1.32. The summed E-state index contributed by atoms with van der Waals surface area (Å²) in [4.78, 5) is 8.63. The molecule has 1 aliphatic carbocycles. The first kappa shape index (κ1) is 12.1. The number of hydrogen-bond acceptors (Lipinski definition) is 4. The lowest BCUT2D eigenvalue weighted by Crippen LogP contribution is -2.18. The molecule has 2 rings (SSSR count). The van der Waals surface area contributed by atoms with E-state index in [4.69, 9.17) is 0 Å². The first-order valence-corrected chi connectivity index (χ1v) is 6.55. The standard InChI is InChI=1S/C13H22N4/c1-10-8-16-13(14-2)17-12(10)15-9-11-6-4-3-5-7-11/h8,11H,3-7,9H2,1-2H3,(H2,14,15,16,17). The molecule has 0 atom stereocenters. The van der Waals surface area contributed by atoms with Gasteiger partial charge < -0.3 is 10.6 Å². The number of hydrogen-bond donors (Lipinski definition) is 2. The molecule has 4 heteroatoms. The van der Waals surface area contributed by atoms with Crippen LogP contribution in [-0.2, 0) is 0 Å². The molecule has 1 aromatic heterocycles. The van der Waals surface area contributed by atoms with Gasteiger partial charge in [-0.05, 0) is 25.7 Å². The van der Waals surface area contributed by atoms with Crippen molar-refractivity contribution in [3.63, 3.8) is 0 Å². The van der Waals surface area contributed by atoms with Crippen LogP contribution >= 0.6 is 0 Å². The van der Waals surface area contributed by atoms with Crippen molar-refractivity contribution in [1.82, 2.24) is 9.97 Å². The van der Waals surface area contributed by atoms with Crippen LogP contribution < -0.4 is 10.6 Å². The number of aromatic nitrogens is 2. The minimum absolute atomic E-state index is 0.682. The maximum absolute atomic E-state index is 4.44. The van der Waals surface area contributed by atoms with E-state index in [1.807, 2.05) is 20.2 Å². The third kappa shape index (κ3) is 3.32. The van der Waals surface area contributed by atoms with Gasteiger partial charge in [0.1, 0.15) is 5.82 Å². The van der Waals surface area contributed by atoms with E-state index in [9.17, 15) is 0 Å². The number of nitrogens with one attached hydrogen (secondary N) is 2. The van der Waals surface area contributed by atoms with Gasteiger partial charge in [0.15, 0.2) is 0 Å². The summed E-state index contributed by atoms with van der Waals surface area (Å²) in [5, 5.41) is 6.44. The molecule has 4 nitrogen and oxygen atoms in total. The van der Waals surface area contributed by atoms with Crippen LogP contribution in [0.1, 0.15) is 37.7 Å². The van der Waals surface area contributed by atoms with E-state index < -0.39 is 0 Å². The van der Waals surface area contributed by atoms with Gasteiger partial charge in [-0.2, -0.15) is 4.98 Å². The predicted octanol–water partition coefficient (Wildman–Crippen LogP) is 2.82. The molecule has 0 amide bonds. The number of anilines is 2. The molecule has 94 valence electrons. The summed E-state index contributed by atoms with van der Waals surface area (Å²) >= 11 is 0. The van der Waals surface area contributed by atoms with E-state index in [0.717, 1.165) is 23.8 Å². The highest BCUT2D eigenvalue weighted by atomic mass is 15.1. The van der Waals surface area contributed by atoms with Gasteiger partial charge in [0, 0.05) is 25.4 Å². The second kappa shape index (κ2) is 5.84. The molecule has 0 unspecified atom stereocenters. The topological polar surface area (TPSA) is 49.8 Å². The third-order valence-corrected chi connectivity index (χ3v) is 3.48. The van der Waals surface area contributed by atoms with Crippen LogP contribution in [0.3, 0.4) is 0 Å². The number of aryl methyl sites for hydroxylation is 1. The molecule has 0 spiro atoms. The lowest BCUT2D eigenvalue weighted by molar-refractivity contribution is 0.373. The van der Waals surface area contributed by atoms with Crippen molar-refractivity contribution in [2.75, 3.05) is 24.2 Å². The van der Waals surface area contributed by atoms with Gasteiger partial charge in [-0.1, -0.05) is 19.3 Å². The Balaban J connectivity index is 1.92. The Morgan fingerprint density at radius 3 is 2.76 bits per heavy atom. The Labute approximate surface area is 103 Å². The summed E-state index contributed by atoms with van der Waals surface area (Å²) in [6, 6.07) is 0. The summed E-state index contributed by atoms with van der Waals surface area (Å²) in [7, 11) is 1.84. The Morgan fingerprint density at radius 2 is 2.06 bits per heavy atom. The summed E-state index contributed by atoms with van der Waals surface area (Å²) in [6.45, 7) is 3.09. The molecular formula is C13H22N4. The lowest BCUT2D eigenvalue weighted by Gasteiger charge is -2.22. The van der Waals surface area contributed by atoms with Crippen molar-refractivity contribution in [3.05, 3.63) is 11.8 Å². The zero-order valence-corrected chi connectivity index (χ0v) is 10.8. The molecule has 1 aliphatic rings. The van der Waals surface area contributed by atoms with Gasteiger partial charge in [-0.25, -0.2) is 4.98 Å². The van der Waals surface area contributed by atoms with Crippen molar-refractivity contribution in [2.45, 2.75) is 39.0 Å². The van der Waals surface area contributed by atoms with Crippen molar-refractivity contribution in [1.29, 1.82) is 0 Å². The molecular weight excluding hydrogens is 212 g/mol. The maximum atomic E-state index is 4.44. The summed E-state index contributed by atoms with van der Waals surface area (Å²) in [6.07, 6.45) is 8.76. The second-order valence-electron chi connectivity index (χ2n) is 4.86. The monoisotopic (exact) mass is 234 g/mol. The van der Waals surface area contributed by atoms with E-state index in [1.54, 1.807) is 0 Å². The summed E-state index contributed by atoms with van der Waals surface area (Å²) < 4.78 is 0. The Morgan fingerprint density at radius 1 is 1.29 bits per heavy atom. The van der Waals surface area contributed by atoms with E-state index in [0.29, 0.717) is 5.95 Å². The normalized spacial score (nSPS) is 16.8. The average molecular weight is 234 g/mol. The molecule has 0 aromatic carbocycles. The fourth-order valence-electron chi connectivity index (χ4n) is 2.37.